The summed E-state index contributed by atoms with van der Waals surface area (Å²) in [4.78, 5) is 11.8. The van der Waals surface area contributed by atoms with Gasteiger partial charge in [0.15, 0.2) is 0 Å². The molecule has 4 nitrogen and oxygen atoms in total. The normalized spacial score (nSPS) is 16.6. The molecular formula is C12H15NO3. The summed E-state index contributed by atoms with van der Waals surface area (Å²) in [5, 5.41) is 12.6. The second-order valence-electron chi connectivity index (χ2n) is 4.40. The van der Waals surface area contributed by atoms with Gasteiger partial charge in [0.1, 0.15) is 11.5 Å². The maximum absolute atomic E-state index is 11.8. The van der Waals surface area contributed by atoms with Gasteiger partial charge in [0, 0.05) is 11.6 Å². The van der Waals surface area contributed by atoms with E-state index >= 15 is 0 Å². The Morgan fingerprint density at radius 3 is 2.69 bits per heavy atom. The van der Waals surface area contributed by atoms with Crippen LogP contribution in [0.25, 0.3) is 0 Å². The molecule has 0 unspecified atom stereocenters. The molecule has 0 saturated heterocycles. The number of carbonyl (C=O) groups is 1. The third kappa shape index (κ3) is 2.10. The number of nitrogens with one attached hydrogen (secondary N) is 1. The van der Waals surface area contributed by atoms with Crippen molar-refractivity contribution in [3.05, 3.63) is 23.8 Å². The molecule has 0 aliphatic heterocycles. The zero-order chi connectivity index (χ0) is 11.8. The number of methoxy groups -OCH3 is 1. The Hall–Kier alpha value is -1.71. The van der Waals surface area contributed by atoms with Gasteiger partial charge in [-0.3, -0.25) is 4.79 Å². The smallest absolute Gasteiger partial charge is 0.255 e. The second kappa shape index (κ2) is 3.70. The molecule has 2 rings (SSSR count). The van der Waals surface area contributed by atoms with E-state index in [1.165, 1.54) is 13.2 Å². The highest BCUT2D eigenvalue weighted by molar-refractivity contribution is 5.97. The molecule has 4 heteroatoms. The summed E-state index contributed by atoms with van der Waals surface area (Å²) in [6, 6.07) is 4.66. The van der Waals surface area contributed by atoms with E-state index in [1.807, 2.05) is 6.92 Å². The lowest BCUT2D eigenvalue weighted by Gasteiger charge is -2.12. The van der Waals surface area contributed by atoms with Gasteiger partial charge in [-0.05, 0) is 31.9 Å². The third-order valence-corrected chi connectivity index (χ3v) is 2.86. The third-order valence-electron chi connectivity index (χ3n) is 2.86. The minimum absolute atomic E-state index is 0.0545. The highest BCUT2D eigenvalue weighted by atomic mass is 16.5. The van der Waals surface area contributed by atoms with Crippen LogP contribution in [-0.2, 0) is 0 Å². The topological polar surface area (TPSA) is 58.6 Å². The van der Waals surface area contributed by atoms with E-state index in [9.17, 15) is 9.90 Å². The first kappa shape index (κ1) is 10.8. The molecule has 2 N–H and O–H groups in total. The van der Waals surface area contributed by atoms with Crippen molar-refractivity contribution in [1.82, 2.24) is 5.32 Å². The largest absolute Gasteiger partial charge is 0.507 e. The van der Waals surface area contributed by atoms with Crippen LogP contribution in [0.5, 0.6) is 11.5 Å². The Morgan fingerprint density at radius 2 is 2.19 bits per heavy atom. The van der Waals surface area contributed by atoms with Crippen molar-refractivity contribution in [2.45, 2.75) is 25.3 Å². The molecule has 1 aliphatic rings. The molecule has 1 fully saturated rings. The van der Waals surface area contributed by atoms with Crippen molar-refractivity contribution >= 4 is 5.91 Å². The fraction of sp³-hybridized carbons (Fsp3) is 0.417. The Balaban J connectivity index is 2.16. The van der Waals surface area contributed by atoms with Gasteiger partial charge in [-0.1, -0.05) is 0 Å². The van der Waals surface area contributed by atoms with Crippen LogP contribution in [-0.4, -0.2) is 23.7 Å². The number of hydrogen-bond donors (Lipinski definition) is 2. The minimum Gasteiger partial charge on any atom is -0.507 e. The summed E-state index contributed by atoms with van der Waals surface area (Å²) >= 11 is 0. The molecule has 0 spiro atoms. The van der Waals surface area contributed by atoms with Crippen LogP contribution in [0, 0.1) is 0 Å². The molecule has 0 aromatic heterocycles. The maximum atomic E-state index is 11.8. The molecule has 86 valence electrons. The van der Waals surface area contributed by atoms with Gasteiger partial charge in [0.05, 0.1) is 12.7 Å². The number of ether oxygens (including phenoxy) is 1. The lowest BCUT2D eigenvalue weighted by molar-refractivity contribution is 0.0933. The summed E-state index contributed by atoms with van der Waals surface area (Å²) in [5.41, 5.74) is 0.206. The van der Waals surface area contributed by atoms with E-state index in [1.54, 1.807) is 12.1 Å². The predicted molar refractivity (Wildman–Crippen MR) is 59.8 cm³/mol. The van der Waals surface area contributed by atoms with Gasteiger partial charge in [-0.15, -0.1) is 0 Å². The monoisotopic (exact) mass is 221 g/mol. The summed E-state index contributed by atoms with van der Waals surface area (Å²) in [6.07, 6.45) is 1.99. The zero-order valence-electron chi connectivity index (χ0n) is 9.41. The number of amides is 1. The van der Waals surface area contributed by atoms with Crippen LogP contribution in [0.15, 0.2) is 18.2 Å². The van der Waals surface area contributed by atoms with Gasteiger partial charge in [0.25, 0.3) is 5.91 Å². The predicted octanol–water partition coefficient (Wildman–Crippen LogP) is 1.68. The number of rotatable bonds is 3. The van der Waals surface area contributed by atoms with Crippen molar-refractivity contribution < 1.29 is 14.6 Å². The van der Waals surface area contributed by atoms with Crippen LogP contribution in [0.1, 0.15) is 30.1 Å². The van der Waals surface area contributed by atoms with Gasteiger partial charge in [0.2, 0.25) is 0 Å². The van der Waals surface area contributed by atoms with Crippen molar-refractivity contribution in [2.24, 2.45) is 0 Å². The number of aromatic hydroxyl groups is 1. The maximum Gasteiger partial charge on any atom is 0.255 e. The molecule has 0 atom stereocenters. The zero-order valence-corrected chi connectivity index (χ0v) is 9.41. The molecule has 1 aromatic rings. The molecule has 0 bridgehead atoms. The molecule has 16 heavy (non-hydrogen) atoms. The number of benzene rings is 1. The van der Waals surface area contributed by atoms with Crippen LogP contribution < -0.4 is 10.1 Å². The first-order valence-electron chi connectivity index (χ1n) is 5.24. The van der Waals surface area contributed by atoms with E-state index in [0.717, 1.165) is 12.8 Å². The lowest BCUT2D eigenvalue weighted by atomic mass is 10.1. The summed E-state index contributed by atoms with van der Waals surface area (Å²) in [7, 11) is 1.51. The fourth-order valence-corrected chi connectivity index (χ4v) is 1.48. The van der Waals surface area contributed by atoms with Gasteiger partial charge in [-0.25, -0.2) is 0 Å². The highest BCUT2D eigenvalue weighted by Gasteiger charge is 2.39. The average molecular weight is 221 g/mol. The molecule has 1 amide bonds. The highest BCUT2D eigenvalue weighted by Crippen LogP contribution is 2.35. The first-order chi connectivity index (χ1) is 7.54. The van der Waals surface area contributed by atoms with Crippen molar-refractivity contribution in [1.29, 1.82) is 0 Å². The Morgan fingerprint density at radius 1 is 1.50 bits per heavy atom. The SMILES string of the molecule is COc1ccc(C(=O)NC2(C)CC2)c(O)c1. The molecular weight excluding hydrogens is 206 g/mol. The van der Waals surface area contributed by atoms with E-state index < -0.39 is 0 Å². The minimum atomic E-state index is -0.236. The van der Waals surface area contributed by atoms with Crippen LogP contribution in [0.3, 0.4) is 0 Å². The van der Waals surface area contributed by atoms with Crippen molar-refractivity contribution in [2.75, 3.05) is 7.11 Å². The lowest BCUT2D eigenvalue weighted by Crippen LogP contribution is -2.34. The second-order valence-corrected chi connectivity index (χ2v) is 4.40. The molecule has 0 heterocycles. The Labute approximate surface area is 94.2 Å². The number of hydrogen-bond acceptors (Lipinski definition) is 3. The van der Waals surface area contributed by atoms with E-state index in [-0.39, 0.29) is 22.8 Å². The van der Waals surface area contributed by atoms with Gasteiger partial charge in [-0.2, -0.15) is 0 Å². The summed E-state index contributed by atoms with van der Waals surface area (Å²) in [5.74, 6) is 0.243. The molecule has 1 aliphatic carbocycles. The van der Waals surface area contributed by atoms with E-state index in [2.05, 4.69) is 5.32 Å². The Kier molecular flexibility index (Phi) is 2.50. The number of phenolic OH excluding ortho intramolecular Hbond substituents is 1. The quantitative estimate of drug-likeness (QED) is 0.816. The van der Waals surface area contributed by atoms with E-state index in [0.29, 0.717) is 5.75 Å². The van der Waals surface area contributed by atoms with Crippen molar-refractivity contribution in [3.63, 3.8) is 0 Å². The molecule has 0 radical (unpaired) electrons. The van der Waals surface area contributed by atoms with Crippen LogP contribution in [0.2, 0.25) is 0 Å². The van der Waals surface area contributed by atoms with Gasteiger partial charge < -0.3 is 15.2 Å². The van der Waals surface area contributed by atoms with Crippen LogP contribution >= 0.6 is 0 Å². The summed E-state index contributed by atoms with van der Waals surface area (Å²) in [6.45, 7) is 1.99. The average Bonchev–Trinajstić information content (AvgIpc) is 2.95. The number of carbonyl (C=O) groups excluding carboxylic acids is 1. The van der Waals surface area contributed by atoms with Gasteiger partial charge >= 0.3 is 0 Å². The van der Waals surface area contributed by atoms with Crippen molar-refractivity contribution in [3.8, 4) is 11.5 Å². The first-order valence-corrected chi connectivity index (χ1v) is 5.24. The Bertz CT molecular complexity index is 424. The number of phenols is 1. The standard InChI is InChI=1S/C12H15NO3/c1-12(5-6-12)13-11(15)9-4-3-8(16-2)7-10(9)14/h3-4,7,14H,5-6H2,1-2H3,(H,13,15). The fourth-order valence-electron chi connectivity index (χ4n) is 1.48. The molecule has 1 aromatic carbocycles. The van der Waals surface area contributed by atoms with E-state index in [4.69, 9.17) is 4.74 Å². The summed E-state index contributed by atoms with van der Waals surface area (Å²) < 4.78 is 4.95. The van der Waals surface area contributed by atoms with Crippen LogP contribution in [0.4, 0.5) is 0 Å². The molecule has 1 saturated carbocycles.